The van der Waals surface area contributed by atoms with Crippen molar-refractivity contribution < 1.29 is 23.7 Å². The van der Waals surface area contributed by atoms with Gasteiger partial charge < -0.3 is 29.2 Å². The fourth-order valence-corrected chi connectivity index (χ4v) is 4.45. The van der Waals surface area contributed by atoms with Crippen molar-refractivity contribution in [1.29, 1.82) is 0 Å². The molecule has 0 fully saturated rings. The zero-order chi connectivity index (χ0) is 25.5. The summed E-state index contributed by atoms with van der Waals surface area (Å²) >= 11 is 0. The maximum Gasteiger partial charge on any atom is 0.251 e. The zero-order valence-electron chi connectivity index (χ0n) is 21.1. The lowest BCUT2D eigenvalue weighted by molar-refractivity contribution is 0.0951. The van der Waals surface area contributed by atoms with Crippen molar-refractivity contribution in [3.63, 3.8) is 0 Å². The molecule has 7 heteroatoms. The molecule has 1 aromatic heterocycles. The van der Waals surface area contributed by atoms with Crippen LogP contribution in [-0.2, 0) is 0 Å². The van der Waals surface area contributed by atoms with Crippen LogP contribution in [0, 0.1) is 0 Å². The number of para-hydroxylation sites is 2. The maximum atomic E-state index is 13.2. The standard InChI is InChI=1S/C29H32N2O5/c1-5-35-25-15-14-19(16-27(25)36-6-2)29(32)31-18-23(21-11-9-13-26(33-3)28(21)34-4)22-17-30-24-12-8-7-10-20(22)24/h7-17,23,30H,5-6,18H2,1-4H3,(H,31,32). The molecule has 0 aliphatic carbocycles. The van der Waals surface area contributed by atoms with Crippen molar-refractivity contribution in [3.05, 3.63) is 83.6 Å². The summed E-state index contributed by atoms with van der Waals surface area (Å²) < 4.78 is 22.6. The highest BCUT2D eigenvalue weighted by molar-refractivity contribution is 5.95. The van der Waals surface area contributed by atoms with Crippen LogP contribution in [0.4, 0.5) is 0 Å². The van der Waals surface area contributed by atoms with Gasteiger partial charge in [0.05, 0.1) is 27.4 Å². The average molecular weight is 489 g/mol. The predicted octanol–water partition coefficient (Wildman–Crippen LogP) is 5.54. The van der Waals surface area contributed by atoms with Crippen LogP contribution in [0.25, 0.3) is 10.9 Å². The van der Waals surface area contributed by atoms with E-state index in [1.807, 2.05) is 56.4 Å². The van der Waals surface area contributed by atoms with E-state index in [0.29, 0.717) is 48.3 Å². The lowest BCUT2D eigenvalue weighted by Crippen LogP contribution is -2.29. The molecule has 0 radical (unpaired) electrons. The van der Waals surface area contributed by atoms with Gasteiger partial charge in [0, 0.05) is 40.7 Å². The summed E-state index contributed by atoms with van der Waals surface area (Å²) in [4.78, 5) is 16.6. The van der Waals surface area contributed by atoms with Crippen molar-refractivity contribution in [1.82, 2.24) is 10.3 Å². The molecular weight excluding hydrogens is 456 g/mol. The number of carbonyl (C=O) groups is 1. The lowest BCUT2D eigenvalue weighted by atomic mass is 9.89. The summed E-state index contributed by atoms with van der Waals surface area (Å²) in [5.74, 6) is 2.06. The van der Waals surface area contributed by atoms with Gasteiger partial charge in [-0.2, -0.15) is 0 Å². The first-order chi connectivity index (χ1) is 17.6. The molecule has 4 aromatic rings. The van der Waals surface area contributed by atoms with E-state index in [1.54, 1.807) is 32.4 Å². The Morgan fingerprint density at radius 1 is 0.861 bits per heavy atom. The normalized spacial score (nSPS) is 11.7. The molecule has 0 aliphatic heterocycles. The number of ether oxygens (including phenoxy) is 4. The SMILES string of the molecule is CCOc1ccc(C(=O)NCC(c2cccc(OC)c2OC)c2c[nH]c3ccccc23)cc1OCC. The number of H-pyrrole nitrogens is 1. The highest BCUT2D eigenvalue weighted by atomic mass is 16.5. The van der Waals surface area contributed by atoms with E-state index in [9.17, 15) is 4.79 Å². The van der Waals surface area contributed by atoms with Crippen LogP contribution in [0.5, 0.6) is 23.0 Å². The second-order valence-electron chi connectivity index (χ2n) is 8.16. The average Bonchev–Trinajstić information content (AvgIpc) is 3.33. The molecule has 4 rings (SSSR count). The van der Waals surface area contributed by atoms with E-state index >= 15 is 0 Å². The van der Waals surface area contributed by atoms with Gasteiger partial charge in [0.15, 0.2) is 23.0 Å². The van der Waals surface area contributed by atoms with E-state index in [2.05, 4.69) is 16.4 Å². The maximum absolute atomic E-state index is 13.2. The number of hydrogen-bond donors (Lipinski definition) is 2. The Hall–Kier alpha value is -4.13. The monoisotopic (exact) mass is 488 g/mol. The van der Waals surface area contributed by atoms with Crippen LogP contribution < -0.4 is 24.3 Å². The first-order valence-corrected chi connectivity index (χ1v) is 12.1. The summed E-state index contributed by atoms with van der Waals surface area (Å²) in [6.45, 7) is 5.15. The number of nitrogens with one attached hydrogen (secondary N) is 2. The second-order valence-corrected chi connectivity index (χ2v) is 8.16. The van der Waals surface area contributed by atoms with Crippen molar-refractivity contribution >= 4 is 16.8 Å². The Bertz CT molecular complexity index is 1330. The van der Waals surface area contributed by atoms with Gasteiger partial charge in [-0.05, 0) is 49.7 Å². The molecule has 3 aromatic carbocycles. The Morgan fingerprint density at radius 2 is 1.64 bits per heavy atom. The third-order valence-corrected chi connectivity index (χ3v) is 6.08. The van der Waals surface area contributed by atoms with Gasteiger partial charge in [-0.15, -0.1) is 0 Å². The molecular formula is C29H32N2O5. The molecule has 7 nitrogen and oxygen atoms in total. The van der Waals surface area contributed by atoms with Crippen LogP contribution in [0.2, 0.25) is 0 Å². The van der Waals surface area contributed by atoms with Gasteiger partial charge in [0.2, 0.25) is 0 Å². The quantitative estimate of drug-likeness (QED) is 0.290. The van der Waals surface area contributed by atoms with Gasteiger partial charge in [0.1, 0.15) is 0 Å². The number of methoxy groups -OCH3 is 2. The number of fused-ring (bicyclic) bond motifs is 1. The fourth-order valence-electron chi connectivity index (χ4n) is 4.45. The van der Waals surface area contributed by atoms with E-state index in [1.165, 1.54) is 0 Å². The molecule has 0 saturated heterocycles. The number of carbonyl (C=O) groups excluding carboxylic acids is 1. The van der Waals surface area contributed by atoms with Gasteiger partial charge in [0.25, 0.3) is 5.91 Å². The van der Waals surface area contributed by atoms with Gasteiger partial charge >= 0.3 is 0 Å². The molecule has 2 N–H and O–H groups in total. The zero-order valence-corrected chi connectivity index (χ0v) is 21.1. The van der Waals surface area contributed by atoms with Crippen molar-refractivity contribution in [2.45, 2.75) is 19.8 Å². The minimum atomic E-state index is -0.203. The summed E-state index contributed by atoms with van der Waals surface area (Å²) in [6, 6.07) is 19.1. The molecule has 0 bridgehead atoms. The molecule has 1 heterocycles. The van der Waals surface area contributed by atoms with E-state index in [0.717, 1.165) is 22.0 Å². The van der Waals surface area contributed by atoms with E-state index < -0.39 is 0 Å². The molecule has 0 aliphatic rings. The van der Waals surface area contributed by atoms with E-state index in [4.69, 9.17) is 18.9 Å². The Morgan fingerprint density at radius 3 is 2.39 bits per heavy atom. The minimum Gasteiger partial charge on any atom is -0.493 e. The number of hydrogen-bond acceptors (Lipinski definition) is 5. The fraction of sp³-hybridized carbons (Fsp3) is 0.276. The second kappa shape index (κ2) is 11.5. The number of benzene rings is 3. The minimum absolute atomic E-state index is 0.191. The topological polar surface area (TPSA) is 81.8 Å². The summed E-state index contributed by atoms with van der Waals surface area (Å²) in [5.41, 5.74) is 3.50. The number of aromatic nitrogens is 1. The predicted molar refractivity (Wildman–Crippen MR) is 141 cm³/mol. The van der Waals surface area contributed by atoms with Gasteiger partial charge in [-0.1, -0.05) is 30.3 Å². The van der Waals surface area contributed by atoms with Crippen LogP contribution in [0.15, 0.2) is 66.9 Å². The lowest BCUT2D eigenvalue weighted by Gasteiger charge is -2.22. The smallest absolute Gasteiger partial charge is 0.251 e. The molecule has 1 unspecified atom stereocenters. The van der Waals surface area contributed by atoms with Gasteiger partial charge in [-0.3, -0.25) is 4.79 Å². The van der Waals surface area contributed by atoms with E-state index in [-0.39, 0.29) is 11.8 Å². The summed E-state index contributed by atoms with van der Waals surface area (Å²) in [7, 11) is 3.24. The molecule has 0 saturated carbocycles. The Kier molecular flexibility index (Phi) is 8.00. The van der Waals surface area contributed by atoms with Crippen LogP contribution in [0.1, 0.15) is 41.3 Å². The highest BCUT2D eigenvalue weighted by Crippen LogP contribution is 2.40. The largest absolute Gasteiger partial charge is 0.493 e. The number of amides is 1. The third-order valence-electron chi connectivity index (χ3n) is 6.08. The first-order valence-electron chi connectivity index (χ1n) is 12.1. The van der Waals surface area contributed by atoms with Crippen molar-refractivity contribution in [2.75, 3.05) is 34.0 Å². The molecule has 36 heavy (non-hydrogen) atoms. The summed E-state index contributed by atoms with van der Waals surface area (Å²) in [5, 5.41) is 4.20. The Balaban J connectivity index is 1.68. The molecule has 188 valence electrons. The van der Waals surface area contributed by atoms with Crippen LogP contribution in [-0.4, -0.2) is 44.9 Å². The highest BCUT2D eigenvalue weighted by Gasteiger charge is 2.24. The molecule has 0 spiro atoms. The first kappa shape index (κ1) is 25.0. The Labute approximate surface area is 211 Å². The van der Waals surface area contributed by atoms with Gasteiger partial charge in [-0.25, -0.2) is 0 Å². The third kappa shape index (κ3) is 5.10. The van der Waals surface area contributed by atoms with Crippen molar-refractivity contribution in [2.24, 2.45) is 0 Å². The summed E-state index contributed by atoms with van der Waals surface area (Å²) in [6.07, 6.45) is 1.99. The molecule has 1 amide bonds. The molecule has 1 atom stereocenters. The number of aromatic amines is 1. The number of rotatable bonds is 11. The van der Waals surface area contributed by atoms with Crippen molar-refractivity contribution in [3.8, 4) is 23.0 Å². The van der Waals surface area contributed by atoms with Crippen LogP contribution >= 0.6 is 0 Å². The van der Waals surface area contributed by atoms with Crippen LogP contribution in [0.3, 0.4) is 0 Å².